The lowest BCUT2D eigenvalue weighted by Crippen LogP contribution is -2.12. The summed E-state index contributed by atoms with van der Waals surface area (Å²) in [4.78, 5) is 3.27. The lowest BCUT2D eigenvalue weighted by Gasteiger charge is -2.20. The maximum Gasteiger partial charge on any atom is 0.0918 e. The lowest BCUT2D eigenvalue weighted by atomic mass is 10.0. The molecule has 0 radical (unpaired) electrons. The van der Waals surface area contributed by atoms with Crippen LogP contribution in [0.3, 0.4) is 0 Å². The molecule has 0 bridgehead atoms. The highest BCUT2D eigenvalue weighted by atomic mass is 35.5. The Morgan fingerprint density at radius 1 is 0.850 bits per heavy atom. The summed E-state index contributed by atoms with van der Waals surface area (Å²) in [6.07, 6.45) is 1.93. The number of hydrogen-bond donors (Lipinski definition) is 2. The molecule has 2 aromatic carbocycles. The van der Waals surface area contributed by atoms with E-state index in [0.717, 1.165) is 16.4 Å². The maximum atomic E-state index is 6.24. The van der Waals surface area contributed by atoms with E-state index < -0.39 is 0 Å². The molecule has 0 saturated heterocycles. The highest BCUT2D eigenvalue weighted by Crippen LogP contribution is 2.29. The molecular formula is C17H15ClN2. The molecule has 0 spiro atoms. The van der Waals surface area contributed by atoms with Gasteiger partial charge in [-0.2, -0.15) is 0 Å². The molecule has 2 N–H and O–H groups in total. The van der Waals surface area contributed by atoms with Gasteiger partial charge in [-0.25, -0.2) is 0 Å². The monoisotopic (exact) mass is 282 g/mol. The average Bonchev–Trinajstić information content (AvgIpc) is 3.01. The number of nitrogens with one attached hydrogen (secondary N) is 2. The third-order valence-corrected chi connectivity index (χ3v) is 3.57. The first-order chi connectivity index (χ1) is 9.84. The van der Waals surface area contributed by atoms with Crippen molar-refractivity contribution < 1.29 is 0 Å². The molecule has 3 aromatic rings. The second-order valence-corrected chi connectivity index (χ2v) is 5.00. The Morgan fingerprint density at radius 2 is 1.60 bits per heavy atom. The first kappa shape index (κ1) is 12.8. The number of hydrogen-bond acceptors (Lipinski definition) is 1. The maximum absolute atomic E-state index is 6.24. The Kier molecular flexibility index (Phi) is 3.75. The minimum absolute atomic E-state index is 0.0473. The number of H-pyrrole nitrogens is 1. The van der Waals surface area contributed by atoms with Crippen LogP contribution in [0.4, 0.5) is 5.69 Å². The van der Waals surface area contributed by atoms with E-state index in [2.05, 4.69) is 28.5 Å². The van der Waals surface area contributed by atoms with E-state index in [9.17, 15) is 0 Å². The van der Waals surface area contributed by atoms with Gasteiger partial charge < -0.3 is 10.3 Å². The number of rotatable bonds is 4. The zero-order chi connectivity index (χ0) is 13.8. The van der Waals surface area contributed by atoms with Crippen molar-refractivity contribution in [1.29, 1.82) is 0 Å². The molecule has 1 atom stereocenters. The molecule has 3 heteroatoms. The third kappa shape index (κ3) is 2.70. The van der Waals surface area contributed by atoms with Crippen molar-refractivity contribution in [3.05, 3.63) is 89.2 Å². The molecule has 0 saturated carbocycles. The van der Waals surface area contributed by atoms with Gasteiger partial charge in [0.05, 0.1) is 16.8 Å². The zero-order valence-corrected chi connectivity index (χ0v) is 11.6. The standard InChI is InChI=1S/C17H15ClN2/c18-14-9-4-5-10-15(14)20-17(16-11-6-12-19-16)13-7-2-1-3-8-13/h1-12,17,19-20H. The van der Waals surface area contributed by atoms with Crippen LogP contribution in [0.2, 0.25) is 5.02 Å². The molecule has 0 fully saturated rings. The Bertz CT molecular complexity index is 662. The molecule has 100 valence electrons. The van der Waals surface area contributed by atoms with Gasteiger partial charge in [-0.3, -0.25) is 0 Å². The Balaban J connectivity index is 1.97. The lowest BCUT2D eigenvalue weighted by molar-refractivity contribution is 0.900. The number of aromatic nitrogens is 1. The van der Waals surface area contributed by atoms with Gasteiger partial charge in [0.15, 0.2) is 0 Å². The summed E-state index contributed by atoms with van der Waals surface area (Å²) >= 11 is 6.24. The van der Waals surface area contributed by atoms with E-state index in [1.54, 1.807) is 0 Å². The van der Waals surface area contributed by atoms with Gasteiger partial charge >= 0.3 is 0 Å². The van der Waals surface area contributed by atoms with Crippen LogP contribution in [0, 0.1) is 0 Å². The van der Waals surface area contributed by atoms with Gasteiger partial charge in [-0.05, 0) is 29.8 Å². The summed E-state index contributed by atoms with van der Waals surface area (Å²) < 4.78 is 0. The number of para-hydroxylation sites is 1. The minimum atomic E-state index is 0.0473. The van der Waals surface area contributed by atoms with E-state index in [-0.39, 0.29) is 6.04 Å². The van der Waals surface area contributed by atoms with E-state index in [4.69, 9.17) is 11.6 Å². The van der Waals surface area contributed by atoms with Crippen molar-refractivity contribution >= 4 is 17.3 Å². The molecule has 1 unspecified atom stereocenters. The summed E-state index contributed by atoms with van der Waals surface area (Å²) in [5, 5.41) is 4.22. The van der Waals surface area contributed by atoms with Crippen LogP contribution in [0.15, 0.2) is 72.9 Å². The van der Waals surface area contributed by atoms with Crippen molar-refractivity contribution in [3.8, 4) is 0 Å². The van der Waals surface area contributed by atoms with Crippen LogP contribution in [-0.2, 0) is 0 Å². The highest BCUT2D eigenvalue weighted by molar-refractivity contribution is 6.33. The molecule has 0 aliphatic rings. The van der Waals surface area contributed by atoms with Crippen molar-refractivity contribution in [3.63, 3.8) is 0 Å². The van der Waals surface area contributed by atoms with Gasteiger partial charge in [0.2, 0.25) is 0 Å². The molecule has 0 aliphatic heterocycles. The molecular weight excluding hydrogens is 268 g/mol. The highest BCUT2D eigenvalue weighted by Gasteiger charge is 2.15. The quantitative estimate of drug-likeness (QED) is 0.702. The third-order valence-electron chi connectivity index (χ3n) is 3.24. The first-order valence-electron chi connectivity index (χ1n) is 6.54. The van der Waals surface area contributed by atoms with E-state index in [1.165, 1.54) is 5.56 Å². The van der Waals surface area contributed by atoms with Gasteiger partial charge in [-0.15, -0.1) is 0 Å². The smallest absolute Gasteiger partial charge is 0.0918 e. The Labute approximate surface area is 123 Å². The van der Waals surface area contributed by atoms with Gasteiger partial charge in [0.25, 0.3) is 0 Å². The van der Waals surface area contributed by atoms with E-state index in [1.807, 2.05) is 54.7 Å². The summed E-state index contributed by atoms with van der Waals surface area (Å²) in [5.41, 5.74) is 3.23. The Morgan fingerprint density at radius 3 is 2.30 bits per heavy atom. The van der Waals surface area contributed by atoms with Crippen molar-refractivity contribution in [1.82, 2.24) is 4.98 Å². The number of halogens is 1. The molecule has 0 aliphatic carbocycles. The normalized spacial score (nSPS) is 12.1. The van der Waals surface area contributed by atoms with Crippen LogP contribution in [-0.4, -0.2) is 4.98 Å². The molecule has 2 nitrogen and oxygen atoms in total. The average molecular weight is 283 g/mol. The van der Waals surface area contributed by atoms with E-state index >= 15 is 0 Å². The van der Waals surface area contributed by atoms with Gasteiger partial charge in [0, 0.05) is 11.9 Å². The van der Waals surface area contributed by atoms with Crippen LogP contribution in [0.5, 0.6) is 0 Å². The van der Waals surface area contributed by atoms with Crippen LogP contribution >= 0.6 is 11.6 Å². The number of aromatic amines is 1. The Hall–Kier alpha value is -2.19. The molecule has 1 heterocycles. The van der Waals surface area contributed by atoms with Crippen LogP contribution < -0.4 is 5.32 Å². The van der Waals surface area contributed by atoms with Gasteiger partial charge in [0.1, 0.15) is 0 Å². The number of anilines is 1. The zero-order valence-electron chi connectivity index (χ0n) is 10.9. The number of benzene rings is 2. The molecule has 3 rings (SSSR count). The minimum Gasteiger partial charge on any atom is -0.372 e. The predicted molar refractivity (Wildman–Crippen MR) is 84.2 cm³/mol. The molecule has 20 heavy (non-hydrogen) atoms. The first-order valence-corrected chi connectivity index (χ1v) is 6.92. The van der Waals surface area contributed by atoms with E-state index in [0.29, 0.717) is 0 Å². The van der Waals surface area contributed by atoms with Gasteiger partial charge in [-0.1, -0.05) is 54.1 Å². The summed E-state index contributed by atoms with van der Waals surface area (Å²) in [7, 11) is 0. The van der Waals surface area contributed by atoms with Crippen molar-refractivity contribution in [2.24, 2.45) is 0 Å². The fourth-order valence-electron chi connectivity index (χ4n) is 2.24. The topological polar surface area (TPSA) is 27.8 Å². The largest absolute Gasteiger partial charge is 0.372 e. The SMILES string of the molecule is Clc1ccccc1NC(c1ccccc1)c1ccc[nH]1. The van der Waals surface area contributed by atoms with Crippen molar-refractivity contribution in [2.45, 2.75) is 6.04 Å². The van der Waals surface area contributed by atoms with Crippen LogP contribution in [0.1, 0.15) is 17.3 Å². The predicted octanol–water partition coefficient (Wildman–Crippen LogP) is 4.87. The second kappa shape index (κ2) is 5.85. The fraction of sp³-hybridized carbons (Fsp3) is 0.0588. The van der Waals surface area contributed by atoms with Crippen LogP contribution in [0.25, 0.3) is 0 Å². The van der Waals surface area contributed by atoms with Crippen molar-refractivity contribution in [2.75, 3.05) is 5.32 Å². The second-order valence-electron chi connectivity index (χ2n) is 4.59. The molecule has 1 aromatic heterocycles. The summed E-state index contributed by atoms with van der Waals surface area (Å²) in [6.45, 7) is 0. The fourth-order valence-corrected chi connectivity index (χ4v) is 2.43. The summed E-state index contributed by atoms with van der Waals surface area (Å²) in [5.74, 6) is 0. The molecule has 0 amide bonds. The summed E-state index contributed by atoms with van der Waals surface area (Å²) in [6, 6.07) is 22.2.